The Bertz CT molecular complexity index is 1480. The maximum absolute atomic E-state index is 16.0. The molecule has 1 aromatic carbocycles. The van der Waals surface area contributed by atoms with Gasteiger partial charge in [-0.3, -0.25) is 14.9 Å². The molecule has 0 radical (unpaired) electrons. The second-order valence-electron chi connectivity index (χ2n) is 13.1. The van der Waals surface area contributed by atoms with Gasteiger partial charge in [0.1, 0.15) is 5.41 Å². The van der Waals surface area contributed by atoms with Crippen molar-refractivity contribution in [2.24, 2.45) is 22.1 Å². The summed E-state index contributed by atoms with van der Waals surface area (Å²) in [7, 11) is 0. The Hall–Kier alpha value is -3.15. The lowest BCUT2D eigenvalue weighted by atomic mass is 9.53. The van der Waals surface area contributed by atoms with Crippen molar-refractivity contribution in [3.05, 3.63) is 57.6 Å². The van der Waals surface area contributed by atoms with E-state index >= 15 is 4.39 Å². The zero-order valence-electron chi connectivity index (χ0n) is 24.2. The van der Waals surface area contributed by atoms with E-state index in [2.05, 4.69) is 39.9 Å². The van der Waals surface area contributed by atoms with E-state index in [4.69, 9.17) is 34.8 Å². The van der Waals surface area contributed by atoms with Crippen molar-refractivity contribution in [3.8, 4) is 0 Å². The van der Waals surface area contributed by atoms with E-state index in [0.717, 1.165) is 12.8 Å². The third-order valence-corrected chi connectivity index (χ3v) is 10.7. The first kappa shape index (κ1) is 29.9. The number of pyridine rings is 1. The molecule has 7 N–H and O–H groups in total. The molecule has 1 saturated carbocycles. The molecule has 1 aromatic heterocycles. The lowest BCUT2D eigenvalue weighted by Crippen LogP contribution is -2.61. The summed E-state index contributed by atoms with van der Waals surface area (Å²) in [6.45, 7) is 5.57. The Kier molecular flexibility index (Phi) is 7.50. The van der Waals surface area contributed by atoms with Crippen LogP contribution in [0.2, 0.25) is 10.2 Å². The van der Waals surface area contributed by atoms with Gasteiger partial charge in [0.25, 0.3) is 0 Å². The summed E-state index contributed by atoms with van der Waals surface area (Å²) in [6, 6.07) is 5.75. The molecular formula is C30H37Cl2FN8O2. The van der Waals surface area contributed by atoms with Crippen LogP contribution < -0.4 is 27.5 Å². The SMILES string of the molecule is CC1(C)CCC2(CC1)N[C@@H](C(=O)NC1CCN(/C(N)=N/N)CC1)[C@H](c1ccnc(Cl)c1F)[C@]21C(=O)Nc2cc(Cl)ccc21. The number of guanidine groups is 1. The van der Waals surface area contributed by atoms with Gasteiger partial charge in [-0.1, -0.05) is 43.1 Å². The second kappa shape index (κ2) is 10.8. The molecule has 6 rings (SSSR count). The summed E-state index contributed by atoms with van der Waals surface area (Å²) in [4.78, 5) is 34.7. The summed E-state index contributed by atoms with van der Waals surface area (Å²) in [5.41, 5.74) is 5.23. The van der Waals surface area contributed by atoms with Crippen molar-refractivity contribution in [1.29, 1.82) is 0 Å². The predicted molar refractivity (Wildman–Crippen MR) is 164 cm³/mol. The molecule has 3 atom stereocenters. The van der Waals surface area contributed by atoms with E-state index in [9.17, 15) is 9.59 Å². The Morgan fingerprint density at radius 3 is 2.53 bits per heavy atom. The van der Waals surface area contributed by atoms with Gasteiger partial charge in [0.2, 0.25) is 17.8 Å². The summed E-state index contributed by atoms with van der Waals surface area (Å²) < 4.78 is 16.0. The van der Waals surface area contributed by atoms with Crippen molar-refractivity contribution < 1.29 is 14.0 Å². The van der Waals surface area contributed by atoms with E-state index in [1.54, 1.807) is 12.1 Å². The number of rotatable bonds is 3. The number of carbonyl (C=O) groups is 2. The van der Waals surface area contributed by atoms with Gasteiger partial charge in [-0.25, -0.2) is 9.37 Å². The Morgan fingerprint density at radius 1 is 1.16 bits per heavy atom. The van der Waals surface area contributed by atoms with Crippen LogP contribution in [0.3, 0.4) is 0 Å². The molecule has 43 heavy (non-hydrogen) atoms. The number of benzene rings is 1. The average Bonchev–Trinajstić information content (AvgIpc) is 3.44. The monoisotopic (exact) mass is 630 g/mol. The number of halogens is 3. The van der Waals surface area contributed by atoms with E-state index in [0.29, 0.717) is 55.0 Å². The molecule has 3 aliphatic heterocycles. The van der Waals surface area contributed by atoms with Crippen LogP contribution in [0.4, 0.5) is 10.1 Å². The summed E-state index contributed by atoms with van der Waals surface area (Å²) in [5.74, 6) is 3.36. The molecule has 4 heterocycles. The van der Waals surface area contributed by atoms with Crippen LogP contribution in [0.1, 0.15) is 69.4 Å². The van der Waals surface area contributed by atoms with Gasteiger partial charge in [0, 0.05) is 47.5 Å². The first-order chi connectivity index (χ1) is 20.4. The zero-order chi connectivity index (χ0) is 30.7. The Morgan fingerprint density at radius 2 is 1.86 bits per heavy atom. The number of anilines is 1. The molecule has 3 fully saturated rings. The smallest absolute Gasteiger partial charge is 0.238 e. The fraction of sp³-hybridized carbons (Fsp3) is 0.533. The lowest BCUT2D eigenvalue weighted by molar-refractivity contribution is -0.125. The molecule has 1 aliphatic carbocycles. The summed E-state index contributed by atoms with van der Waals surface area (Å²) in [6.07, 6.45) is 5.55. The van der Waals surface area contributed by atoms with Crippen LogP contribution in [0.15, 0.2) is 35.6 Å². The number of hydrazone groups is 1. The molecule has 0 bridgehead atoms. The van der Waals surface area contributed by atoms with Crippen LogP contribution in [0, 0.1) is 11.2 Å². The highest BCUT2D eigenvalue weighted by Crippen LogP contribution is 2.64. The Balaban J connectivity index is 1.47. The molecule has 2 spiro atoms. The zero-order valence-corrected chi connectivity index (χ0v) is 25.7. The predicted octanol–water partition coefficient (Wildman–Crippen LogP) is 3.58. The van der Waals surface area contributed by atoms with E-state index in [1.807, 2.05) is 11.0 Å². The minimum atomic E-state index is -1.31. The maximum Gasteiger partial charge on any atom is 0.238 e. The molecule has 0 unspecified atom stereocenters. The van der Waals surface area contributed by atoms with Crippen molar-refractivity contribution in [2.45, 2.75) is 81.3 Å². The van der Waals surface area contributed by atoms with E-state index in [1.165, 1.54) is 12.3 Å². The minimum Gasteiger partial charge on any atom is -0.368 e. The van der Waals surface area contributed by atoms with Crippen molar-refractivity contribution in [3.63, 3.8) is 0 Å². The highest BCUT2D eigenvalue weighted by molar-refractivity contribution is 6.31. The molecule has 10 nitrogen and oxygen atoms in total. The van der Waals surface area contributed by atoms with Gasteiger partial charge in [-0.05, 0) is 73.3 Å². The Labute approximate surface area is 260 Å². The van der Waals surface area contributed by atoms with Gasteiger partial charge >= 0.3 is 0 Å². The number of fused-ring (bicyclic) bond motifs is 3. The van der Waals surface area contributed by atoms with Crippen molar-refractivity contribution in [2.75, 3.05) is 18.4 Å². The number of nitrogens with zero attached hydrogens (tertiary/aromatic N) is 3. The van der Waals surface area contributed by atoms with E-state index in [-0.39, 0.29) is 39.9 Å². The molecule has 13 heteroatoms. The molecule has 2 aromatic rings. The minimum absolute atomic E-state index is 0.0513. The summed E-state index contributed by atoms with van der Waals surface area (Å²) in [5, 5.41) is 13.7. The van der Waals surface area contributed by atoms with Gasteiger partial charge in [-0.15, -0.1) is 5.10 Å². The first-order valence-corrected chi connectivity index (χ1v) is 15.5. The van der Waals surface area contributed by atoms with E-state index < -0.39 is 28.7 Å². The van der Waals surface area contributed by atoms with Crippen LogP contribution in [0.5, 0.6) is 0 Å². The fourth-order valence-electron chi connectivity index (χ4n) is 7.95. The van der Waals surface area contributed by atoms with Gasteiger partial charge in [0.15, 0.2) is 11.0 Å². The molecule has 2 amide bonds. The molecule has 230 valence electrons. The van der Waals surface area contributed by atoms with Gasteiger partial charge in [-0.2, -0.15) is 0 Å². The molecule has 2 saturated heterocycles. The lowest BCUT2D eigenvalue weighted by Gasteiger charge is -2.50. The van der Waals surface area contributed by atoms with Crippen molar-refractivity contribution >= 4 is 46.7 Å². The van der Waals surface area contributed by atoms with Crippen LogP contribution in [-0.2, 0) is 15.0 Å². The normalized spacial score (nSPS) is 28.3. The fourth-order valence-corrected chi connectivity index (χ4v) is 8.29. The van der Waals surface area contributed by atoms with Crippen LogP contribution in [-0.4, -0.2) is 58.4 Å². The van der Waals surface area contributed by atoms with Gasteiger partial charge < -0.3 is 27.1 Å². The van der Waals surface area contributed by atoms with Crippen LogP contribution in [0.25, 0.3) is 0 Å². The largest absolute Gasteiger partial charge is 0.368 e. The first-order valence-electron chi connectivity index (χ1n) is 14.7. The number of hydrogen-bond donors (Lipinski definition) is 5. The number of piperidine rings is 1. The number of amides is 2. The third kappa shape index (κ3) is 4.71. The number of hydrogen-bond acceptors (Lipinski definition) is 6. The molecule has 4 aliphatic rings. The number of nitrogens with two attached hydrogens (primary N) is 2. The third-order valence-electron chi connectivity index (χ3n) is 10.2. The average molecular weight is 632 g/mol. The summed E-state index contributed by atoms with van der Waals surface area (Å²) >= 11 is 12.6. The van der Waals surface area contributed by atoms with Crippen LogP contribution >= 0.6 is 23.2 Å². The highest BCUT2D eigenvalue weighted by Gasteiger charge is 2.73. The number of nitrogens with one attached hydrogen (secondary N) is 3. The standard InChI is InChI=1S/C30H37Cl2FN8O2/c1-28(2)8-10-29(11-9-28)30(19-4-3-16(31)15-20(19)38-26(30)43)21(18-5-12-36-24(32)22(18)33)23(39-29)25(42)37-17-6-13-41(14-7-17)27(34)40-35/h3-5,12,15,17,21,23,39H,6-11,13-14,35H2,1-2H3,(H2,34,40)(H,37,42)(H,38,43)/t21-,23+,30+/m0/s1. The molecular weight excluding hydrogens is 594 g/mol. The topological polar surface area (TPSA) is 151 Å². The second-order valence-corrected chi connectivity index (χ2v) is 13.9. The quantitative estimate of drug-likeness (QED) is 0.114. The number of aromatic nitrogens is 1. The maximum atomic E-state index is 16.0. The van der Waals surface area contributed by atoms with Crippen molar-refractivity contribution in [1.82, 2.24) is 20.5 Å². The number of carbonyl (C=O) groups excluding carboxylic acids is 2. The number of likely N-dealkylation sites (tertiary alicyclic amines) is 1. The van der Waals surface area contributed by atoms with Gasteiger partial charge in [0.05, 0.1) is 6.04 Å². The highest BCUT2D eigenvalue weighted by atomic mass is 35.5.